The van der Waals surface area contributed by atoms with Gasteiger partial charge in [-0.3, -0.25) is 4.79 Å². The molecule has 0 aromatic rings. The van der Waals surface area contributed by atoms with E-state index in [1.807, 2.05) is 6.92 Å². The summed E-state index contributed by atoms with van der Waals surface area (Å²) in [6.07, 6.45) is 1.90. The lowest BCUT2D eigenvalue weighted by molar-refractivity contribution is -0.122. The average molecular weight is 214 g/mol. The van der Waals surface area contributed by atoms with Gasteiger partial charge in [-0.2, -0.15) is 0 Å². The van der Waals surface area contributed by atoms with Crippen LogP contribution in [0.5, 0.6) is 0 Å². The summed E-state index contributed by atoms with van der Waals surface area (Å²) in [7, 11) is 0. The third-order valence-electron chi connectivity index (χ3n) is 2.79. The lowest BCUT2D eigenvalue weighted by Gasteiger charge is -2.29. The van der Waals surface area contributed by atoms with Gasteiger partial charge in [0.15, 0.2) is 0 Å². The Morgan fingerprint density at radius 1 is 1.60 bits per heavy atom. The van der Waals surface area contributed by atoms with Crippen molar-refractivity contribution in [2.45, 2.75) is 32.8 Å². The SMILES string of the molecule is CCNC(=O)CCOC1CNCCC1C. The highest BCUT2D eigenvalue weighted by Crippen LogP contribution is 2.14. The van der Waals surface area contributed by atoms with Gasteiger partial charge < -0.3 is 15.4 Å². The van der Waals surface area contributed by atoms with Gasteiger partial charge >= 0.3 is 0 Å². The van der Waals surface area contributed by atoms with Crippen molar-refractivity contribution in [2.75, 3.05) is 26.2 Å². The molecule has 1 rings (SSSR count). The van der Waals surface area contributed by atoms with Crippen molar-refractivity contribution >= 4 is 5.91 Å². The first-order valence-corrected chi connectivity index (χ1v) is 5.83. The number of rotatable bonds is 5. The van der Waals surface area contributed by atoms with E-state index in [1.165, 1.54) is 0 Å². The molecule has 4 heteroatoms. The monoisotopic (exact) mass is 214 g/mol. The predicted molar refractivity (Wildman–Crippen MR) is 59.7 cm³/mol. The van der Waals surface area contributed by atoms with Gasteiger partial charge in [-0.05, 0) is 25.8 Å². The molecule has 1 aliphatic heterocycles. The second kappa shape index (κ2) is 6.80. The number of ether oxygens (including phenoxy) is 1. The minimum atomic E-state index is 0.0777. The van der Waals surface area contributed by atoms with Crippen molar-refractivity contribution < 1.29 is 9.53 Å². The van der Waals surface area contributed by atoms with E-state index in [-0.39, 0.29) is 12.0 Å². The fourth-order valence-corrected chi connectivity index (χ4v) is 1.77. The van der Waals surface area contributed by atoms with Gasteiger partial charge in [-0.15, -0.1) is 0 Å². The van der Waals surface area contributed by atoms with Crippen molar-refractivity contribution in [3.05, 3.63) is 0 Å². The zero-order chi connectivity index (χ0) is 11.1. The zero-order valence-electron chi connectivity index (χ0n) is 9.71. The molecule has 88 valence electrons. The van der Waals surface area contributed by atoms with Gasteiger partial charge in [0.2, 0.25) is 5.91 Å². The molecule has 1 amide bonds. The van der Waals surface area contributed by atoms with E-state index in [0.29, 0.717) is 25.5 Å². The average Bonchev–Trinajstić information content (AvgIpc) is 2.21. The number of nitrogens with one attached hydrogen (secondary N) is 2. The summed E-state index contributed by atoms with van der Waals surface area (Å²) in [5, 5.41) is 6.06. The standard InChI is InChI=1S/C11H22N2O2/c1-3-13-11(14)5-7-15-10-8-12-6-4-9(10)2/h9-10,12H,3-8H2,1-2H3,(H,13,14). The molecule has 1 aliphatic rings. The quantitative estimate of drug-likeness (QED) is 0.702. The van der Waals surface area contributed by atoms with Gasteiger partial charge in [-0.25, -0.2) is 0 Å². The summed E-state index contributed by atoms with van der Waals surface area (Å²) < 4.78 is 5.69. The minimum absolute atomic E-state index is 0.0777. The molecule has 15 heavy (non-hydrogen) atoms. The van der Waals surface area contributed by atoms with Crippen LogP contribution in [-0.2, 0) is 9.53 Å². The van der Waals surface area contributed by atoms with Crippen molar-refractivity contribution in [3.63, 3.8) is 0 Å². The van der Waals surface area contributed by atoms with E-state index in [9.17, 15) is 4.79 Å². The van der Waals surface area contributed by atoms with Crippen LogP contribution in [0.2, 0.25) is 0 Å². The third kappa shape index (κ3) is 4.62. The molecular formula is C11H22N2O2. The molecule has 1 fully saturated rings. The number of hydrogen-bond acceptors (Lipinski definition) is 3. The summed E-state index contributed by atoms with van der Waals surface area (Å²) in [6.45, 7) is 7.35. The zero-order valence-corrected chi connectivity index (χ0v) is 9.71. The van der Waals surface area contributed by atoms with Crippen LogP contribution in [-0.4, -0.2) is 38.3 Å². The van der Waals surface area contributed by atoms with E-state index in [1.54, 1.807) is 0 Å². The maximum absolute atomic E-state index is 11.2. The minimum Gasteiger partial charge on any atom is -0.376 e. The van der Waals surface area contributed by atoms with Gasteiger partial charge in [-0.1, -0.05) is 6.92 Å². The number of carbonyl (C=O) groups is 1. The van der Waals surface area contributed by atoms with E-state index < -0.39 is 0 Å². The van der Waals surface area contributed by atoms with Gasteiger partial charge in [0, 0.05) is 19.5 Å². The first-order chi connectivity index (χ1) is 7.24. The van der Waals surface area contributed by atoms with Crippen molar-refractivity contribution in [1.82, 2.24) is 10.6 Å². The molecule has 0 bridgehead atoms. The summed E-state index contributed by atoms with van der Waals surface area (Å²) in [6, 6.07) is 0. The first-order valence-electron chi connectivity index (χ1n) is 5.83. The molecule has 1 saturated heterocycles. The molecule has 0 aromatic heterocycles. The fraction of sp³-hybridized carbons (Fsp3) is 0.909. The Balaban J connectivity index is 2.10. The molecule has 0 aromatic carbocycles. The number of carbonyl (C=O) groups excluding carboxylic acids is 1. The van der Waals surface area contributed by atoms with Crippen LogP contribution in [0.4, 0.5) is 0 Å². The molecule has 4 nitrogen and oxygen atoms in total. The number of piperidine rings is 1. The Hall–Kier alpha value is -0.610. The van der Waals surface area contributed by atoms with Crippen molar-refractivity contribution in [2.24, 2.45) is 5.92 Å². The Labute approximate surface area is 91.8 Å². The topological polar surface area (TPSA) is 50.4 Å². The Morgan fingerprint density at radius 3 is 3.07 bits per heavy atom. The van der Waals surface area contributed by atoms with E-state index in [0.717, 1.165) is 19.5 Å². The highest BCUT2D eigenvalue weighted by molar-refractivity contribution is 5.75. The van der Waals surface area contributed by atoms with E-state index in [2.05, 4.69) is 17.6 Å². The highest BCUT2D eigenvalue weighted by atomic mass is 16.5. The molecule has 2 atom stereocenters. The molecule has 0 radical (unpaired) electrons. The summed E-state index contributed by atoms with van der Waals surface area (Å²) in [5.74, 6) is 0.675. The molecule has 0 spiro atoms. The first kappa shape index (κ1) is 12.5. The lowest BCUT2D eigenvalue weighted by Crippen LogP contribution is -2.41. The Kier molecular flexibility index (Phi) is 5.65. The van der Waals surface area contributed by atoms with Crippen LogP contribution in [0.1, 0.15) is 26.7 Å². The van der Waals surface area contributed by atoms with Crippen LogP contribution in [0.3, 0.4) is 0 Å². The van der Waals surface area contributed by atoms with Crippen molar-refractivity contribution in [1.29, 1.82) is 0 Å². The summed E-state index contributed by atoms with van der Waals surface area (Å²) in [5.41, 5.74) is 0. The van der Waals surface area contributed by atoms with E-state index in [4.69, 9.17) is 4.74 Å². The van der Waals surface area contributed by atoms with Crippen LogP contribution >= 0.6 is 0 Å². The van der Waals surface area contributed by atoms with Crippen LogP contribution in [0.15, 0.2) is 0 Å². The van der Waals surface area contributed by atoms with Crippen molar-refractivity contribution in [3.8, 4) is 0 Å². The van der Waals surface area contributed by atoms with Crippen LogP contribution in [0, 0.1) is 5.92 Å². The van der Waals surface area contributed by atoms with Gasteiger partial charge in [0.25, 0.3) is 0 Å². The summed E-state index contributed by atoms with van der Waals surface area (Å²) >= 11 is 0. The smallest absolute Gasteiger partial charge is 0.222 e. The van der Waals surface area contributed by atoms with Crippen LogP contribution in [0.25, 0.3) is 0 Å². The second-order valence-corrected chi connectivity index (χ2v) is 4.08. The highest BCUT2D eigenvalue weighted by Gasteiger charge is 2.21. The number of amides is 1. The fourth-order valence-electron chi connectivity index (χ4n) is 1.77. The molecule has 0 aliphatic carbocycles. The molecule has 2 unspecified atom stereocenters. The largest absolute Gasteiger partial charge is 0.376 e. The maximum atomic E-state index is 11.2. The van der Waals surface area contributed by atoms with E-state index >= 15 is 0 Å². The van der Waals surface area contributed by atoms with Gasteiger partial charge in [0.1, 0.15) is 0 Å². The van der Waals surface area contributed by atoms with Crippen LogP contribution < -0.4 is 10.6 Å². The molecule has 0 saturated carbocycles. The molecule has 1 heterocycles. The normalized spacial score (nSPS) is 26.3. The summed E-state index contributed by atoms with van der Waals surface area (Å²) in [4.78, 5) is 11.2. The second-order valence-electron chi connectivity index (χ2n) is 4.08. The molecule has 2 N–H and O–H groups in total. The lowest BCUT2D eigenvalue weighted by atomic mass is 9.97. The Bertz CT molecular complexity index is 197. The predicted octanol–water partition coefficient (Wildman–Crippen LogP) is 0.527. The maximum Gasteiger partial charge on any atom is 0.222 e. The Morgan fingerprint density at radius 2 is 2.40 bits per heavy atom. The third-order valence-corrected chi connectivity index (χ3v) is 2.79. The number of hydrogen-bond donors (Lipinski definition) is 2. The van der Waals surface area contributed by atoms with Gasteiger partial charge in [0.05, 0.1) is 12.7 Å². The molecular weight excluding hydrogens is 192 g/mol.